The van der Waals surface area contributed by atoms with Gasteiger partial charge in [0.25, 0.3) is 17.7 Å². The fourth-order valence-electron chi connectivity index (χ4n) is 5.73. The van der Waals surface area contributed by atoms with Gasteiger partial charge in [0, 0.05) is 37.4 Å². The maximum atomic E-state index is 14.3. The number of halogens is 1. The number of carbonyl (C=O) groups is 3. The lowest BCUT2D eigenvalue weighted by Gasteiger charge is -2.34. The van der Waals surface area contributed by atoms with Gasteiger partial charge in [-0.25, -0.2) is 4.68 Å². The van der Waals surface area contributed by atoms with Crippen molar-refractivity contribution in [2.75, 3.05) is 18.4 Å². The highest BCUT2D eigenvalue weighted by Gasteiger charge is 2.31. The van der Waals surface area contributed by atoms with Crippen LogP contribution in [0.25, 0.3) is 5.69 Å². The van der Waals surface area contributed by atoms with Crippen LogP contribution < -0.4 is 5.32 Å². The van der Waals surface area contributed by atoms with Crippen LogP contribution in [0.15, 0.2) is 66.7 Å². The SMILES string of the molecule is CCCCN(CCCC)C(=O)c1cc(C)n(-c2ccc(NC(=O)c3cccc(Cl)c3O)cc2C(=O)N2Cc3ccccc3C[C@H]2O)n1. The number of benzene rings is 3. The largest absolute Gasteiger partial charge is 0.506 e. The van der Waals surface area contributed by atoms with Crippen molar-refractivity contribution in [1.82, 2.24) is 19.6 Å². The molecular formula is C36H40ClN5O5. The monoisotopic (exact) mass is 657 g/mol. The molecule has 5 rings (SSSR count). The van der Waals surface area contributed by atoms with Crippen LogP contribution in [0.4, 0.5) is 5.69 Å². The first-order chi connectivity index (χ1) is 22.6. The van der Waals surface area contributed by atoms with E-state index in [1.165, 1.54) is 23.1 Å². The van der Waals surface area contributed by atoms with Gasteiger partial charge >= 0.3 is 0 Å². The molecule has 0 saturated carbocycles. The Labute approximate surface area is 279 Å². The van der Waals surface area contributed by atoms with E-state index in [1.807, 2.05) is 36.1 Å². The number of rotatable bonds is 11. The number of nitrogens with one attached hydrogen (secondary N) is 1. The number of amides is 3. The van der Waals surface area contributed by atoms with Crippen molar-refractivity contribution in [3.63, 3.8) is 0 Å². The molecule has 0 fully saturated rings. The van der Waals surface area contributed by atoms with Crippen LogP contribution in [0, 0.1) is 6.92 Å². The minimum Gasteiger partial charge on any atom is -0.506 e. The zero-order chi connectivity index (χ0) is 33.7. The molecule has 3 aromatic carbocycles. The van der Waals surface area contributed by atoms with Crippen LogP contribution in [-0.2, 0) is 13.0 Å². The molecule has 47 heavy (non-hydrogen) atoms. The Morgan fingerprint density at radius 2 is 1.66 bits per heavy atom. The van der Waals surface area contributed by atoms with Crippen molar-refractivity contribution in [2.24, 2.45) is 0 Å². The van der Waals surface area contributed by atoms with Gasteiger partial charge in [-0.05, 0) is 67.3 Å². The third-order valence-corrected chi connectivity index (χ3v) is 8.69. The summed E-state index contributed by atoms with van der Waals surface area (Å²) in [5.41, 5.74) is 3.60. The number of aromatic nitrogens is 2. The number of unbranched alkanes of at least 4 members (excludes halogenated alkanes) is 2. The number of fused-ring (bicyclic) bond motifs is 1. The van der Waals surface area contributed by atoms with E-state index in [2.05, 4.69) is 24.3 Å². The van der Waals surface area contributed by atoms with E-state index in [0.29, 0.717) is 24.5 Å². The first-order valence-electron chi connectivity index (χ1n) is 16.0. The normalized spacial score (nSPS) is 14.1. The predicted molar refractivity (Wildman–Crippen MR) is 181 cm³/mol. The smallest absolute Gasteiger partial charge is 0.274 e. The van der Waals surface area contributed by atoms with Crippen LogP contribution in [0.5, 0.6) is 5.75 Å². The summed E-state index contributed by atoms with van der Waals surface area (Å²) < 4.78 is 1.55. The topological polar surface area (TPSA) is 128 Å². The molecule has 1 aliphatic rings. The molecule has 4 aromatic rings. The lowest BCUT2D eigenvalue weighted by atomic mass is 9.97. The van der Waals surface area contributed by atoms with E-state index >= 15 is 0 Å². The summed E-state index contributed by atoms with van der Waals surface area (Å²) in [5, 5.41) is 28.9. The number of anilines is 1. The summed E-state index contributed by atoms with van der Waals surface area (Å²) in [5.74, 6) is -1.62. The molecule has 246 valence electrons. The maximum Gasteiger partial charge on any atom is 0.274 e. The number of hydrogen-bond donors (Lipinski definition) is 3. The number of phenolic OH excluding ortho intramolecular Hbond substituents is 1. The minimum atomic E-state index is -1.08. The van der Waals surface area contributed by atoms with E-state index in [0.717, 1.165) is 36.8 Å². The Balaban J connectivity index is 1.54. The zero-order valence-corrected chi connectivity index (χ0v) is 27.6. The predicted octanol–water partition coefficient (Wildman–Crippen LogP) is 6.35. The third kappa shape index (κ3) is 7.34. The summed E-state index contributed by atoms with van der Waals surface area (Å²) >= 11 is 6.02. The fourth-order valence-corrected chi connectivity index (χ4v) is 5.91. The fraction of sp³-hybridized carbons (Fsp3) is 0.333. The van der Waals surface area contributed by atoms with Gasteiger partial charge in [-0.2, -0.15) is 5.10 Å². The Kier molecular flexibility index (Phi) is 10.6. The summed E-state index contributed by atoms with van der Waals surface area (Å²) in [6.07, 6.45) is 2.88. The zero-order valence-electron chi connectivity index (χ0n) is 26.9. The maximum absolute atomic E-state index is 14.3. The second-order valence-corrected chi connectivity index (χ2v) is 12.2. The molecule has 0 bridgehead atoms. The van der Waals surface area contributed by atoms with Crippen LogP contribution in [0.1, 0.15) is 87.6 Å². The molecule has 11 heteroatoms. The number of aryl methyl sites for hydroxylation is 1. The van der Waals surface area contributed by atoms with Crippen LogP contribution in [-0.4, -0.2) is 66.8 Å². The highest BCUT2D eigenvalue weighted by molar-refractivity contribution is 6.32. The lowest BCUT2D eigenvalue weighted by molar-refractivity contribution is -0.00173. The van der Waals surface area contributed by atoms with Gasteiger partial charge in [0.15, 0.2) is 5.69 Å². The van der Waals surface area contributed by atoms with E-state index in [9.17, 15) is 24.6 Å². The van der Waals surface area contributed by atoms with Gasteiger partial charge in [-0.1, -0.05) is 68.6 Å². The highest BCUT2D eigenvalue weighted by atomic mass is 35.5. The lowest BCUT2D eigenvalue weighted by Crippen LogP contribution is -2.44. The number of phenols is 1. The highest BCUT2D eigenvalue weighted by Crippen LogP contribution is 2.30. The van der Waals surface area contributed by atoms with Crippen LogP contribution in [0.3, 0.4) is 0 Å². The Bertz CT molecular complexity index is 1780. The molecule has 0 aliphatic carbocycles. The van der Waals surface area contributed by atoms with Gasteiger partial charge in [-0.15, -0.1) is 0 Å². The average molecular weight is 658 g/mol. The second kappa shape index (κ2) is 14.8. The van der Waals surface area contributed by atoms with E-state index in [4.69, 9.17) is 11.6 Å². The van der Waals surface area contributed by atoms with Gasteiger partial charge in [0.1, 0.15) is 12.0 Å². The van der Waals surface area contributed by atoms with Gasteiger partial charge in [0.2, 0.25) is 0 Å². The quantitative estimate of drug-likeness (QED) is 0.172. The van der Waals surface area contributed by atoms with Crippen molar-refractivity contribution in [1.29, 1.82) is 0 Å². The van der Waals surface area contributed by atoms with E-state index in [1.54, 1.807) is 28.9 Å². The number of aliphatic hydroxyl groups excluding tert-OH is 1. The number of aliphatic hydroxyl groups is 1. The molecule has 1 aromatic heterocycles. The molecule has 0 saturated heterocycles. The van der Waals surface area contributed by atoms with Crippen molar-refractivity contribution in [2.45, 2.75) is 65.6 Å². The summed E-state index contributed by atoms with van der Waals surface area (Å²) in [6, 6.07) is 18.6. The van der Waals surface area contributed by atoms with Crippen molar-refractivity contribution in [3.8, 4) is 11.4 Å². The molecule has 0 spiro atoms. The molecule has 2 heterocycles. The number of hydrogen-bond acceptors (Lipinski definition) is 6. The average Bonchev–Trinajstić information content (AvgIpc) is 3.46. The third-order valence-electron chi connectivity index (χ3n) is 8.38. The van der Waals surface area contributed by atoms with Crippen molar-refractivity contribution in [3.05, 3.63) is 105 Å². The molecule has 1 aliphatic heterocycles. The summed E-state index contributed by atoms with van der Waals surface area (Å²) in [7, 11) is 0. The van der Waals surface area contributed by atoms with Crippen LogP contribution >= 0.6 is 11.6 Å². The molecule has 3 N–H and O–H groups in total. The molecule has 0 radical (unpaired) electrons. The summed E-state index contributed by atoms with van der Waals surface area (Å²) in [4.78, 5) is 44.3. The van der Waals surface area contributed by atoms with Gasteiger partial charge in [-0.3, -0.25) is 14.4 Å². The molecule has 0 unspecified atom stereocenters. The Hall–Kier alpha value is -4.67. The molecule has 3 amide bonds. The number of nitrogens with zero attached hydrogens (tertiary/aromatic N) is 4. The second-order valence-electron chi connectivity index (χ2n) is 11.8. The van der Waals surface area contributed by atoms with Crippen LogP contribution in [0.2, 0.25) is 5.02 Å². The molecular weight excluding hydrogens is 618 g/mol. The number of aromatic hydroxyl groups is 1. The van der Waals surface area contributed by atoms with E-state index in [-0.39, 0.29) is 52.2 Å². The summed E-state index contributed by atoms with van der Waals surface area (Å²) in [6.45, 7) is 7.44. The Morgan fingerprint density at radius 1 is 0.957 bits per heavy atom. The van der Waals surface area contributed by atoms with Crippen molar-refractivity contribution < 1.29 is 24.6 Å². The minimum absolute atomic E-state index is 0.0284. The number of para-hydroxylation sites is 1. The molecule has 1 atom stereocenters. The van der Waals surface area contributed by atoms with Gasteiger partial charge < -0.3 is 25.3 Å². The number of carbonyl (C=O) groups excluding carboxylic acids is 3. The first kappa shape index (κ1) is 33.7. The van der Waals surface area contributed by atoms with Gasteiger partial charge in [0.05, 0.1) is 21.8 Å². The Morgan fingerprint density at radius 3 is 2.36 bits per heavy atom. The first-order valence-corrected chi connectivity index (χ1v) is 16.4. The molecule has 10 nitrogen and oxygen atoms in total. The van der Waals surface area contributed by atoms with Crippen molar-refractivity contribution >= 4 is 35.0 Å². The van der Waals surface area contributed by atoms with E-state index < -0.39 is 18.0 Å². The standard InChI is InChI=1S/C36H40ClN5O5/c1-4-6-17-40(18-7-5-2)36(47)30-19-23(3)42(39-30)31-16-15-26(38-34(45)27-13-10-14-29(37)33(27)44)21-28(31)35(46)41-22-25-12-9-8-11-24(25)20-32(41)43/h8-16,19,21,32,43-44H,4-7,17-18,20,22H2,1-3H3,(H,38,45)/t32-/m1/s1.